The van der Waals surface area contributed by atoms with Crippen molar-refractivity contribution < 1.29 is 14.7 Å². The second-order valence-corrected chi connectivity index (χ2v) is 5.52. The molecule has 0 aliphatic carbocycles. The zero-order chi connectivity index (χ0) is 15.8. The molecule has 0 spiro atoms. The third-order valence-corrected chi connectivity index (χ3v) is 3.83. The lowest BCUT2D eigenvalue weighted by Crippen LogP contribution is -2.38. The van der Waals surface area contributed by atoms with Crippen molar-refractivity contribution in [3.63, 3.8) is 0 Å². The van der Waals surface area contributed by atoms with Gasteiger partial charge in [-0.3, -0.25) is 9.59 Å². The molecule has 1 heterocycles. The molecular formula is C16H18N2O3S. The lowest BCUT2D eigenvalue weighted by atomic mass is 10.0. The molecule has 0 radical (unpaired) electrons. The van der Waals surface area contributed by atoms with Crippen LogP contribution in [0.3, 0.4) is 0 Å². The fraction of sp³-hybridized carbons (Fsp3) is 0.250. The number of amides is 2. The molecule has 1 unspecified atom stereocenters. The summed E-state index contributed by atoms with van der Waals surface area (Å²) in [6.07, 6.45) is 0.425. The van der Waals surface area contributed by atoms with Crippen molar-refractivity contribution in [2.24, 2.45) is 0 Å². The van der Waals surface area contributed by atoms with Crippen molar-refractivity contribution in [1.29, 1.82) is 0 Å². The number of aliphatic hydroxyl groups excluding tert-OH is 1. The first-order chi connectivity index (χ1) is 10.7. The Bertz CT molecular complexity index is 599. The van der Waals surface area contributed by atoms with Gasteiger partial charge in [0.2, 0.25) is 5.91 Å². The predicted octanol–water partition coefficient (Wildman–Crippen LogP) is 1.72. The standard InChI is InChI=1S/C16H18N2O3S/c19-8-6-14(12-4-2-1-3-5-12)18-15(20)10-17-16(21)13-7-9-22-11-13/h1-5,7,9,11,14,19H,6,8,10H2,(H,17,21)(H,18,20). The molecular weight excluding hydrogens is 300 g/mol. The Kier molecular flexibility index (Phi) is 6.12. The Balaban J connectivity index is 1.87. The van der Waals surface area contributed by atoms with Gasteiger partial charge in [-0.05, 0) is 23.4 Å². The van der Waals surface area contributed by atoms with E-state index >= 15 is 0 Å². The summed E-state index contributed by atoms with van der Waals surface area (Å²) in [6, 6.07) is 10.9. The summed E-state index contributed by atoms with van der Waals surface area (Å²) in [7, 11) is 0. The number of nitrogens with one attached hydrogen (secondary N) is 2. The number of benzene rings is 1. The number of rotatable bonds is 7. The summed E-state index contributed by atoms with van der Waals surface area (Å²) in [5.41, 5.74) is 1.47. The Hall–Kier alpha value is -2.18. The average molecular weight is 318 g/mol. The van der Waals surface area contributed by atoms with E-state index < -0.39 is 0 Å². The van der Waals surface area contributed by atoms with Crippen molar-refractivity contribution in [1.82, 2.24) is 10.6 Å². The molecule has 2 amide bonds. The maximum absolute atomic E-state index is 12.0. The van der Waals surface area contributed by atoms with Crippen LogP contribution in [0.25, 0.3) is 0 Å². The predicted molar refractivity (Wildman–Crippen MR) is 85.7 cm³/mol. The second kappa shape index (κ2) is 8.31. The van der Waals surface area contributed by atoms with Gasteiger partial charge in [-0.2, -0.15) is 11.3 Å². The molecule has 3 N–H and O–H groups in total. The summed E-state index contributed by atoms with van der Waals surface area (Å²) in [5.74, 6) is -0.555. The molecule has 6 heteroatoms. The van der Waals surface area contributed by atoms with E-state index in [1.807, 2.05) is 35.7 Å². The van der Waals surface area contributed by atoms with Gasteiger partial charge in [-0.1, -0.05) is 30.3 Å². The van der Waals surface area contributed by atoms with Gasteiger partial charge in [-0.15, -0.1) is 0 Å². The molecule has 0 aliphatic rings. The highest BCUT2D eigenvalue weighted by Gasteiger charge is 2.15. The molecule has 2 rings (SSSR count). The third-order valence-electron chi connectivity index (χ3n) is 3.15. The minimum atomic E-state index is -0.286. The summed E-state index contributed by atoms with van der Waals surface area (Å²) in [5, 5.41) is 18.1. The van der Waals surface area contributed by atoms with Crippen molar-refractivity contribution in [3.8, 4) is 0 Å². The molecule has 5 nitrogen and oxygen atoms in total. The molecule has 1 aromatic heterocycles. The molecule has 0 saturated heterocycles. The molecule has 116 valence electrons. The summed E-state index contributed by atoms with van der Waals surface area (Å²) < 4.78 is 0. The Labute approximate surface area is 133 Å². The van der Waals surface area contributed by atoms with Crippen LogP contribution < -0.4 is 10.6 Å². The Morgan fingerprint density at radius 1 is 1.18 bits per heavy atom. The monoisotopic (exact) mass is 318 g/mol. The summed E-state index contributed by atoms with van der Waals surface area (Å²) in [4.78, 5) is 23.7. The van der Waals surface area contributed by atoms with Crippen LogP contribution in [0.2, 0.25) is 0 Å². The first-order valence-electron chi connectivity index (χ1n) is 6.96. The lowest BCUT2D eigenvalue weighted by molar-refractivity contribution is -0.121. The quantitative estimate of drug-likeness (QED) is 0.727. The average Bonchev–Trinajstić information content (AvgIpc) is 3.07. The van der Waals surface area contributed by atoms with E-state index in [-0.39, 0.29) is 31.0 Å². The molecule has 0 saturated carbocycles. The highest BCUT2D eigenvalue weighted by molar-refractivity contribution is 7.08. The largest absolute Gasteiger partial charge is 0.396 e. The van der Waals surface area contributed by atoms with Crippen LogP contribution in [0.5, 0.6) is 0 Å². The van der Waals surface area contributed by atoms with E-state index in [9.17, 15) is 9.59 Å². The zero-order valence-electron chi connectivity index (χ0n) is 12.0. The minimum absolute atomic E-state index is 0.0267. The van der Waals surface area contributed by atoms with E-state index in [0.29, 0.717) is 12.0 Å². The number of aliphatic hydroxyl groups is 1. The number of hydrogen-bond acceptors (Lipinski definition) is 4. The van der Waals surface area contributed by atoms with Crippen molar-refractivity contribution in [3.05, 3.63) is 58.3 Å². The molecule has 22 heavy (non-hydrogen) atoms. The highest BCUT2D eigenvalue weighted by Crippen LogP contribution is 2.15. The van der Waals surface area contributed by atoms with Crippen LogP contribution in [0.1, 0.15) is 28.4 Å². The van der Waals surface area contributed by atoms with Crippen LogP contribution >= 0.6 is 11.3 Å². The number of carbonyl (C=O) groups is 2. The van der Waals surface area contributed by atoms with Gasteiger partial charge in [-0.25, -0.2) is 0 Å². The van der Waals surface area contributed by atoms with Crippen LogP contribution in [-0.2, 0) is 4.79 Å². The molecule has 0 bridgehead atoms. The van der Waals surface area contributed by atoms with Gasteiger partial charge in [0.15, 0.2) is 0 Å². The van der Waals surface area contributed by atoms with E-state index in [2.05, 4.69) is 10.6 Å². The van der Waals surface area contributed by atoms with Gasteiger partial charge < -0.3 is 15.7 Å². The number of thiophene rings is 1. The number of carbonyl (C=O) groups excluding carboxylic acids is 2. The maximum atomic E-state index is 12.0. The van der Waals surface area contributed by atoms with Crippen molar-refractivity contribution in [2.75, 3.05) is 13.2 Å². The van der Waals surface area contributed by atoms with Crippen LogP contribution in [0.15, 0.2) is 47.2 Å². The molecule has 2 aromatic rings. The SMILES string of the molecule is O=C(CNC(=O)c1ccsc1)NC(CCO)c1ccccc1. The highest BCUT2D eigenvalue weighted by atomic mass is 32.1. The lowest BCUT2D eigenvalue weighted by Gasteiger charge is -2.18. The van der Waals surface area contributed by atoms with E-state index in [0.717, 1.165) is 5.56 Å². The minimum Gasteiger partial charge on any atom is -0.396 e. The van der Waals surface area contributed by atoms with E-state index in [4.69, 9.17) is 5.11 Å². The number of hydrogen-bond donors (Lipinski definition) is 3. The van der Waals surface area contributed by atoms with E-state index in [1.165, 1.54) is 11.3 Å². The summed E-state index contributed by atoms with van der Waals surface area (Å²) >= 11 is 1.43. The smallest absolute Gasteiger partial charge is 0.252 e. The second-order valence-electron chi connectivity index (χ2n) is 4.74. The first kappa shape index (κ1) is 16.2. The Morgan fingerprint density at radius 3 is 2.59 bits per heavy atom. The van der Waals surface area contributed by atoms with Gasteiger partial charge in [0.05, 0.1) is 12.6 Å². The van der Waals surface area contributed by atoms with Crippen LogP contribution in [-0.4, -0.2) is 30.1 Å². The van der Waals surface area contributed by atoms with Gasteiger partial charge in [0.25, 0.3) is 5.91 Å². The Morgan fingerprint density at radius 2 is 1.95 bits per heavy atom. The molecule has 1 aromatic carbocycles. The molecule has 1 atom stereocenters. The van der Waals surface area contributed by atoms with Crippen molar-refractivity contribution in [2.45, 2.75) is 12.5 Å². The maximum Gasteiger partial charge on any atom is 0.252 e. The zero-order valence-corrected chi connectivity index (χ0v) is 12.8. The fourth-order valence-electron chi connectivity index (χ4n) is 2.04. The van der Waals surface area contributed by atoms with Gasteiger partial charge >= 0.3 is 0 Å². The third kappa shape index (κ3) is 4.68. The molecule has 0 fully saturated rings. The van der Waals surface area contributed by atoms with Gasteiger partial charge in [0, 0.05) is 17.6 Å². The summed E-state index contributed by atoms with van der Waals surface area (Å²) in [6.45, 7) is -0.120. The molecule has 0 aliphatic heterocycles. The van der Waals surface area contributed by atoms with Crippen molar-refractivity contribution >= 4 is 23.2 Å². The topological polar surface area (TPSA) is 78.4 Å². The van der Waals surface area contributed by atoms with Crippen LogP contribution in [0.4, 0.5) is 0 Å². The van der Waals surface area contributed by atoms with E-state index in [1.54, 1.807) is 11.4 Å². The first-order valence-corrected chi connectivity index (χ1v) is 7.90. The fourth-order valence-corrected chi connectivity index (χ4v) is 2.67. The van der Waals surface area contributed by atoms with Crippen LogP contribution in [0, 0.1) is 0 Å². The van der Waals surface area contributed by atoms with Gasteiger partial charge in [0.1, 0.15) is 0 Å². The normalized spacial score (nSPS) is 11.7.